The maximum Gasteiger partial charge on any atom is 0.329 e. The Kier molecular flexibility index (Phi) is 9.90. The topological polar surface area (TPSA) is 55.4 Å². The minimum Gasteiger partial charge on any atom is -0.460 e. The third-order valence-corrected chi connectivity index (χ3v) is 3.51. The zero-order chi connectivity index (χ0) is 19.4. The normalized spacial score (nSPS) is 12.5. The molecule has 1 atom stereocenters. The Balaban J connectivity index is 2.82. The van der Waals surface area contributed by atoms with E-state index in [0.717, 1.165) is 37.5 Å². The average molecular weight is 365 g/mol. The van der Waals surface area contributed by atoms with Crippen molar-refractivity contribution in [2.24, 2.45) is 0 Å². The second-order valence-corrected chi connectivity index (χ2v) is 5.79. The lowest BCUT2D eigenvalue weighted by Crippen LogP contribution is -2.42. The number of allylic oxidation sites excluding steroid dienone is 2. The number of esters is 1. The minimum absolute atomic E-state index is 0.0611. The molecule has 142 valence electrons. The lowest BCUT2D eigenvalue weighted by atomic mass is 10.1. The summed E-state index contributed by atoms with van der Waals surface area (Å²) in [5.74, 6) is -2.60. The number of hydrogen-bond acceptors (Lipinski definition) is 3. The van der Waals surface area contributed by atoms with E-state index in [2.05, 4.69) is 5.32 Å². The fraction of sp³-hybridized carbons (Fsp3) is 0.400. The summed E-state index contributed by atoms with van der Waals surface area (Å²) < 4.78 is 31.8. The number of unbranched alkanes of at least 4 members (excludes halogenated alkanes) is 2. The zero-order valence-corrected chi connectivity index (χ0v) is 15.1. The van der Waals surface area contributed by atoms with Gasteiger partial charge in [0, 0.05) is 12.5 Å². The van der Waals surface area contributed by atoms with E-state index in [9.17, 15) is 18.4 Å². The summed E-state index contributed by atoms with van der Waals surface area (Å²) in [4.78, 5) is 24.2. The number of amides is 1. The first-order chi connectivity index (χ1) is 12.5. The summed E-state index contributed by atoms with van der Waals surface area (Å²) >= 11 is 0. The fourth-order valence-corrected chi connectivity index (χ4v) is 2.22. The van der Waals surface area contributed by atoms with Gasteiger partial charge >= 0.3 is 5.97 Å². The predicted molar refractivity (Wildman–Crippen MR) is 96.4 cm³/mol. The molecule has 0 aliphatic rings. The number of carbonyl (C=O) groups is 2. The van der Waals surface area contributed by atoms with E-state index >= 15 is 0 Å². The highest BCUT2D eigenvalue weighted by Crippen LogP contribution is 2.11. The van der Waals surface area contributed by atoms with Crippen LogP contribution in [-0.4, -0.2) is 24.5 Å². The number of ether oxygens (including phenoxy) is 1. The number of rotatable bonds is 10. The summed E-state index contributed by atoms with van der Waals surface area (Å²) in [6.07, 6.45) is 9.10. The highest BCUT2D eigenvalue weighted by Gasteiger charge is 2.22. The first-order valence-corrected chi connectivity index (χ1v) is 8.66. The molecule has 0 unspecified atom stereocenters. The largest absolute Gasteiger partial charge is 0.460 e. The summed E-state index contributed by atoms with van der Waals surface area (Å²) in [5.41, 5.74) is 0.255. The number of halogens is 2. The van der Waals surface area contributed by atoms with E-state index in [0.29, 0.717) is 0 Å². The van der Waals surface area contributed by atoms with Gasteiger partial charge in [0.25, 0.3) is 0 Å². The average Bonchev–Trinajstić information content (AvgIpc) is 2.57. The molecule has 1 rings (SSSR count). The first kappa shape index (κ1) is 21.5. The van der Waals surface area contributed by atoms with Gasteiger partial charge in [-0.15, -0.1) is 0 Å². The molecular weight excluding hydrogens is 340 g/mol. The van der Waals surface area contributed by atoms with Crippen LogP contribution < -0.4 is 5.32 Å². The second-order valence-electron chi connectivity index (χ2n) is 5.79. The molecule has 0 fully saturated rings. The van der Waals surface area contributed by atoms with Crippen molar-refractivity contribution in [3.63, 3.8) is 0 Å². The quantitative estimate of drug-likeness (QED) is 0.296. The molecule has 0 saturated heterocycles. The van der Waals surface area contributed by atoms with Crippen LogP contribution in [0, 0.1) is 11.6 Å². The van der Waals surface area contributed by atoms with Crippen LogP contribution in [0.4, 0.5) is 8.78 Å². The molecule has 6 heteroatoms. The lowest BCUT2D eigenvalue weighted by molar-refractivity contribution is -0.146. The molecule has 4 nitrogen and oxygen atoms in total. The van der Waals surface area contributed by atoms with Crippen molar-refractivity contribution in [3.05, 3.63) is 59.7 Å². The SMILES string of the molecule is C/C=C\COC(=O)[C@H](Cc1cc(F)cc(F)c1)NC(=O)/C=C/CCCC. The molecule has 1 amide bonds. The molecule has 0 heterocycles. The van der Waals surface area contributed by atoms with Crippen molar-refractivity contribution in [2.45, 2.75) is 45.6 Å². The van der Waals surface area contributed by atoms with E-state index in [1.807, 2.05) is 6.92 Å². The van der Waals surface area contributed by atoms with Crippen molar-refractivity contribution < 1.29 is 23.1 Å². The molecule has 1 aromatic rings. The number of hydrogen-bond donors (Lipinski definition) is 1. The molecule has 0 aliphatic carbocycles. The predicted octanol–water partition coefficient (Wildman–Crippen LogP) is 3.86. The van der Waals surface area contributed by atoms with Gasteiger partial charge in [-0.1, -0.05) is 38.0 Å². The summed E-state index contributed by atoms with van der Waals surface area (Å²) in [6.45, 7) is 3.89. The third kappa shape index (κ3) is 8.55. The Hall–Kier alpha value is -2.50. The Morgan fingerprint density at radius 1 is 1.19 bits per heavy atom. The highest BCUT2D eigenvalue weighted by molar-refractivity contribution is 5.91. The van der Waals surface area contributed by atoms with Gasteiger partial charge in [0.2, 0.25) is 5.91 Å². The van der Waals surface area contributed by atoms with Crippen LogP contribution in [-0.2, 0) is 20.7 Å². The Bertz CT molecular complexity index is 636. The summed E-state index contributed by atoms with van der Waals surface area (Å²) in [7, 11) is 0. The van der Waals surface area contributed by atoms with Gasteiger partial charge in [-0.25, -0.2) is 13.6 Å². The van der Waals surface area contributed by atoms with Crippen molar-refractivity contribution in [1.82, 2.24) is 5.32 Å². The van der Waals surface area contributed by atoms with Crippen LogP contribution in [0.15, 0.2) is 42.5 Å². The van der Waals surface area contributed by atoms with Gasteiger partial charge in [-0.05, 0) is 37.1 Å². The van der Waals surface area contributed by atoms with Gasteiger partial charge < -0.3 is 10.1 Å². The molecular formula is C20H25F2NO3. The van der Waals surface area contributed by atoms with Crippen LogP contribution in [0.5, 0.6) is 0 Å². The van der Waals surface area contributed by atoms with Crippen LogP contribution >= 0.6 is 0 Å². The lowest BCUT2D eigenvalue weighted by Gasteiger charge is -2.16. The standard InChI is InChI=1S/C20H25F2NO3/c1-3-5-7-8-9-19(24)23-18(20(25)26-10-6-4-2)13-15-11-16(21)14-17(22)12-15/h4,6,8-9,11-12,14,18H,3,5,7,10,13H2,1-2H3,(H,23,24)/b6-4-,9-8+/t18-/m0/s1. The maximum atomic E-state index is 13.4. The van der Waals surface area contributed by atoms with E-state index in [1.54, 1.807) is 25.2 Å². The first-order valence-electron chi connectivity index (χ1n) is 8.66. The Morgan fingerprint density at radius 3 is 2.50 bits per heavy atom. The minimum atomic E-state index is -1.04. The number of nitrogens with one attached hydrogen (secondary N) is 1. The third-order valence-electron chi connectivity index (χ3n) is 3.51. The van der Waals surface area contributed by atoms with Crippen molar-refractivity contribution >= 4 is 11.9 Å². The van der Waals surface area contributed by atoms with Gasteiger partial charge in [-0.2, -0.15) is 0 Å². The Labute approximate surface area is 152 Å². The van der Waals surface area contributed by atoms with Crippen LogP contribution in [0.2, 0.25) is 0 Å². The monoisotopic (exact) mass is 365 g/mol. The molecule has 0 aromatic heterocycles. The van der Waals surface area contributed by atoms with Crippen molar-refractivity contribution in [3.8, 4) is 0 Å². The molecule has 26 heavy (non-hydrogen) atoms. The van der Waals surface area contributed by atoms with Crippen LogP contribution in [0.1, 0.15) is 38.7 Å². The molecule has 0 aliphatic heterocycles. The van der Waals surface area contributed by atoms with E-state index in [1.165, 1.54) is 6.08 Å². The van der Waals surface area contributed by atoms with Crippen LogP contribution in [0.25, 0.3) is 0 Å². The number of carbonyl (C=O) groups excluding carboxylic acids is 2. The van der Waals surface area contributed by atoms with Gasteiger partial charge in [0.05, 0.1) is 0 Å². The van der Waals surface area contributed by atoms with Crippen LogP contribution in [0.3, 0.4) is 0 Å². The second kappa shape index (κ2) is 12.0. The smallest absolute Gasteiger partial charge is 0.329 e. The van der Waals surface area contributed by atoms with Crippen molar-refractivity contribution in [2.75, 3.05) is 6.61 Å². The molecule has 0 saturated carbocycles. The van der Waals surface area contributed by atoms with E-state index < -0.39 is 29.6 Å². The molecule has 0 bridgehead atoms. The maximum absolute atomic E-state index is 13.4. The number of benzene rings is 1. The zero-order valence-electron chi connectivity index (χ0n) is 15.1. The molecule has 0 spiro atoms. The van der Waals surface area contributed by atoms with Crippen molar-refractivity contribution in [1.29, 1.82) is 0 Å². The van der Waals surface area contributed by atoms with Gasteiger partial charge in [0.1, 0.15) is 24.3 Å². The van der Waals surface area contributed by atoms with Gasteiger partial charge in [0.15, 0.2) is 0 Å². The molecule has 0 radical (unpaired) electrons. The summed E-state index contributed by atoms with van der Waals surface area (Å²) in [6, 6.07) is 1.96. The molecule has 1 N–H and O–H groups in total. The van der Waals surface area contributed by atoms with E-state index in [4.69, 9.17) is 4.74 Å². The summed E-state index contributed by atoms with van der Waals surface area (Å²) in [5, 5.41) is 2.54. The van der Waals surface area contributed by atoms with E-state index in [-0.39, 0.29) is 18.6 Å². The fourth-order valence-electron chi connectivity index (χ4n) is 2.22. The molecule has 1 aromatic carbocycles. The van der Waals surface area contributed by atoms with Gasteiger partial charge in [-0.3, -0.25) is 4.79 Å². The highest BCUT2D eigenvalue weighted by atomic mass is 19.1. The Morgan fingerprint density at radius 2 is 1.88 bits per heavy atom.